The Morgan fingerprint density at radius 1 is 1.35 bits per heavy atom. The topological polar surface area (TPSA) is 105 Å². The highest BCUT2D eigenvalue weighted by Gasteiger charge is 2.20. The maximum absolute atomic E-state index is 12.5. The average Bonchev–Trinajstić information content (AvgIpc) is 2.49. The van der Waals surface area contributed by atoms with Crippen molar-refractivity contribution in [3.8, 4) is 0 Å². The molecule has 0 fully saturated rings. The van der Waals surface area contributed by atoms with Crippen molar-refractivity contribution in [2.24, 2.45) is 5.92 Å². The van der Waals surface area contributed by atoms with E-state index in [1.165, 1.54) is 18.2 Å². The number of rotatable bonds is 10. The van der Waals surface area contributed by atoms with Crippen LogP contribution in [0.4, 0.5) is 5.69 Å². The molecular formula is C15H24N2O5S. The largest absolute Gasteiger partial charge is 0.478 e. The predicted molar refractivity (Wildman–Crippen MR) is 88.4 cm³/mol. The number of aromatic carboxylic acids is 1. The van der Waals surface area contributed by atoms with Crippen LogP contribution in [0.3, 0.4) is 0 Å². The molecule has 8 heteroatoms. The lowest BCUT2D eigenvalue weighted by Crippen LogP contribution is -2.28. The molecule has 3 N–H and O–H groups in total. The Morgan fingerprint density at radius 2 is 2.04 bits per heavy atom. The molecule has 1 rings (SSSR count). The van der Waals surface area contributed by atoms with Gasteiger partial charge in [-0.1, -0.05) is 13.8 Å². The van der Waals surface area contributed by atoms with Crippen LogP contribution in [-0.4, -0.2) is 46.3 Å². The molecule has 130 valence electrons. The van der Waals surface area contributed by atoms with Crippen LogP contribution >= 0.6 is 0 Å². The van der Waals surface area contributed by atoms with Crippen LogP contribution in [0.25, 0.3) is 0 Å². The van der Waals surface area contributed by atoms with Crippen molar-refractivity contribution >= 4 is 21.7 Å². The zero-order valence-corrected chi connectivity index (χ0v) is 14.4. The summed E-state index contributed by atoms with van der Waals surface area (Å²) in [4.78, 5) is 11.0. The zero-order valence-electron chi connectivity index (χ0n) is 13.6. The van der Waals surface area contributed by atoms with Crippen molar-refractivity contribution < 1.29 is 23.1 Å². The maximum atomic E-state index is 12.5. The second-order valence-corrected chi connectivity index (χ2v) is 7.27. The molecule has 0 unspecified atom stereocenters. The van der Waals surface area contributed by atoms with Gasteiger partial charge in [0.25, 0.3) is 0 Å². The highest BCUT2D eigenvalue weighted by molar-refractivity contribution is 7.89. The summed E-state index contributed by atoms with van der Waals surface area (Å²) in [6.07, 6.45) is 0.704. The number of carbonyl (C=O) groups is 1. The molecule has 0 radical (unpaired) electrons. The molecule has 0 amide bonds. The van der Waals surface area contributed by atoms with Gasteiger partial charge in [-0.05, 0) is 30.5 Å². The number of hydrogen-bond donors (Lipinski definition) is 3. The van der Waals surface area contributed by atoms with E-state index in [1.807, 2.05) is 13.8 Å². The maximum Gasteiger partial charge on any atom is 0.335 e. The van der Waals surface area contributed by atoms with E-state index in [-0.39, 0.29) is 22.9 Å². The molecule has 23 heavy (non-hydrogen) atoms. The first kappa shape index (κ1) is 19.4. The van der Waals surface area contributed by atoms with Gasteiger partial charge in [0.05, 0.1) is 11.3 Å². The molecular weight excluding hydrogens is 320 g/mol. The van der Waals surface area contributed by atoms with Gasteiger partial charge in [-0.15, -0.1) is 0 Å². The molecule has 0 aliphatic carbocycles. The quantitative estimate of drug-likeness (QED) is 0.559. The van der Waals surface area contributed by atoms with Crippen LogP contribution < -0.4 is 10.0 Å². The lowest BCUT2D eigenvalue weighted by atomic mass is 10.2. The molecule has 0 atom stereocenters. The Labute approximate surface area is 137 Å². The number of benzene rings is 1. The Morgan fingerprint density at radius 3 is 2.61 bits per heavy atom. The van der Waals surface area contributed by atoms with Crippen molar-refractivity contribution in [1.29, 1.82) is 0 Å². The van der Waals surface area contributed by atoms with Crippen LogP contribution in [-0.2, 0) is 14.8 Å². The third-order valence-corrected chi connectivity index (χ3v) is 4.50. The lowest BCUT2D eigenvalue weighted by molar-refractivity contribution is 0.0696. The number of ether oxygens (including phenoxy) is 1. The number of anilines is 1. The minimum Gasteiger partial charge on any atom is -0.478 e. The normalized spacial score (nSPS) is 11.7. The van der Waals surface area contributed by atoms with E-state index in [2.05, 4.69) is 10.0 Å². The Balaban J connectivity index is 3.07. The summed E-state index contributed by atoms with van der Waals surface area (Å²) in [5, 5.41) is 12.1. The highest BCUT2D eigenvalue weighted by atomic mass is 32.2. The summed E-state index contributed by atoms with van der Waals surface area (Å²) in [5.74, 6) is -1.03. The summed E-state index contributed by atoms with van der Waals surface area (Å²) in [7, 11) is -2.20. The molecule has 0 aromatic heterocycles. The third kappa shape index (κ3) is 6.17. The van der Waals surface area contributed by atoms with E-state index >= 15 is 0 Å². The number of carboxylic acid groups (broad SMARTS) is 1. The molecule has 0 spiro atoms. The van der Waals surface area contributed by atoms with E-state index in [1.54, 1.807) is 7.11 Å². The van der Waals surface area contributed by atoms with Crippen LogP contribution in [0.5, 0.6) is 0 Å². The van der Waals surface area contributed by atoms with E-state index in [9.17, 15) is 13.2 Å². The van der Waals surface area contributed by atoms with Gasteiger partial charge in [-0.2, -0.15) is 0 Å². The monoisotopic (exact) mass is 344 g/mol. The average molecular weight is 344 g/mol. The summed E-state index contributed by atoms with van der Waals surface area (Å²) < 4.78 is 32.3. The highest BCUT2D eigenvalue weighted by Crippen LogP contribution is 2.23. The molecule has 7 nitrogen and oxygen atoms in total. The van der Waals surface area contributed by atoms with E-state index in [0.717, 1.165) is 0 Å². The van der Waals surface area contributed by atoms with Crippen molar-refractivity contribution in [2.45, 2.75) is 25.2 Å². The van der Waals surface area contributed by atoms with Gasteiger partial charge in [0.2, 0.25) is 10.0 Å². The van der Waals surface area contributed by atoms with Gasteiger partial charge in [0, 0.05) is 26.8 Å². The Kier molecular flexibility index (Phi) is 7.47. The van der Waals surface area contributed by atoms with Gasteiger partial charge < -0.3 is 15.2 Å². The fraction of sp³-hybridized carbons (Fsp3) is 0.533. The van der Waals surface area contributed by atoms with Gasteiger partial charge in [-0.25, -0.2) is 17.9 Å². The minimum atomic E-state index is -3.79. The van der Waals surface area contributed by atoms with Crippen LogP contribution in [0.1, 0.15) is 30.6 Å². The van der Waals surface area contributed by atoms with Gasteiger partial charge in [0.1, 0.15) is 4.90 Å². The van der Waals surface area contributed by atoms with Crippen LogP contribution in [0.15, 0.2) is 23.1 Å². The molecule has 0 aliphatic rings. The van der Waals surface area contributed by atoms with Crippen LogP contribution in [0, 0.1) is 5.92 Å². The Hall–Kier alpha value is -1.64. The Bertz CT molecular complexity index is 629. The number of nitrogens with one attached hydrogen (secondary N) is 2. The molecule has 0 saturated heterocycles. The SMILES string of the molecule is COCCCNc1ccc(C(=O)O)cc1S(=O)(=O)NCC(C)C. The van der Waals surface area contributed by atoms with Gasteiger partial charge in [0.15, 0.2) is 0 Å². The van der Waals surface area contributed by atoms with Crippen LogP contribution in [0.2, 0.25) is 0 Å². The van der Waals surface area contributed by atoms with E-state index in [0.29, 0.717) is 25.3 Å². The molecule has 0 bridgehead atoms. The fourth-order valence-corrected chi connectivity index (χ4v) is 3.24. The number of carboxylic acids is 1. The second kappa shape index (κ2) is 8.85. The predicted octanol–water partition coefficient (Wildman–Crippen LogP) is 1.77. The summed E-state index contributed by atoms with van der Waals surface area (Å²) >= 11 is 0. The first-order valence-corrected chi connectivity index (χ1v) is 8.86. The van der Waals surface area contributed by atoms with Crippen molar-refractivity contribution in [3.63, 3.8) is 0 Å². The van der Waals surface area contributed by atoms with Crippen molar-refractivity contribution in [3.05, 3.63) is 23.8 Å². The summed E-state index contributed by atoms with van der Waals surface area (Å²) in [6.45, 7) is 5.13. The smallest absolute Gasteiger partial charge is 0.335 e. The van der Waals surface area contributed by atoms with Crippen molar-refractivity contribution in [2.75, 3.05) is 32.1 Å². The standard InChI is InChI=1S/C15H24N2O5S/c1-11(2)10-17-23(20,21)14-9-12(15(18)19)5-6-13(14)16-7-4-8-22-3/h5-6,9,11,16-17H,4,7-8,10H2,1-3H3,(H,18,19). The first-order valence-electron chi connectivity index (χ1n) is 7.37. The number of hydrogen-bond acceptors (Lipinski definition) is 5. The van der Waals surface area contributed by atoms with Gasteiger partial charge >= 0.3 is 5.97 Å². The van der Waals surface area contributed by atoms with Gasteiger partial charge in [-0.3, -0.25) is 0 Å². The fourth-order valence-electron chi connectivity index (χ4n) is 1.82. The summed E-state index contributed by atoms with van der Waals surface area (Å²) in [5.41, 5.74) is 0.305. The minimum absolute atomic E-state index is 0.0598. The molecule has 0 heterocycles. The molecule has 0 saturated carbocycles. The van der Waals surface area contributed by atoms with E-state index < -0.39 is 16.0 Å². The molecule has 1 aromatic carbocycles. The summed E-state index contributed by atoms with van der Waals surface area (Å²) in [6, 6.07) is 4.02. The van der Waals surface area contributed by atoms with Crippen molar-refractivity contribution in [1.82, 2.24) is 4.72 Å². The first-order chi connectivity index (χ1) is 10.8. The lowest BCUT2D eigenvalue weighted by Gasteiger charge is -2.15. The number of sulfonamides is 1. The third-order valence-electron chi connectivity index (χ3n) is 3.04. The molecule has 0 aliphatic heterocycles. The second-order valence-electron chi connectivity index (χ2n) is 5.53. The zero-order chi connectivity index (χ0) is 17.5. The number of methoxy groups -OCH3 is 1. The van der Waals surface area contributed by atoms with E-state index in [4.69, 9.17) is 9.84 Å². The molecule has 1 aromatic rings.